The highest BCUT2D eigenvalue weighted by atomic mass is 16.6. The molecular formula is C18H30N8O5. The maximum Gasteiger partial charge on any atom is 0.320 e. The Bertz CT molecular complexity index is 880. The summed E-state index contributed by atoms with van der Waals surface area (Å²) < 4.78 is 7.49. The first-order valence-electron chi connectivity index (χ1n) is 10.2. The van der Waals surface area contributed by atoms with Crippen molar-refractivity contribution in [1.29, 1.82) is 0 Å². The number of hydrogen-bond donors (Lipinski definition) is 6. The number of nitrogens with two attached hydrogens (primary N) is 3. The number of carboxylic acids is 1. The molecule has 2 aromatic heterocycles. The van der Waals surface area contributed by atoms with Crippen LogP contribution in [0.3, 0.4) is 0 Å². The Morgan fingerprint density at radius 2 is 2.00 bits per heavy atom. The van der Waals surface area contributed by atoms with Crippen molar-refractivity contribution in [3.05, 3.63) is 12.7 Å². The second-order valence-electron chi connectivity index (χ2n) is 7.66. The lowest BCUT2D eigenvalue weighted by molar-refractivity contribution is -0.138. The lowest BCUT2D eigenvalue weighted by Crippen LogP contribution is -2.42. The second-order valence-corrected chi connectivity index (χ2v) is 7.66. The van der Waals surface area contributed by atoms with Crippen molar-refractivity contribution < 1.29 is 24.9 Å². The fourth-order valence-electron chi connectivity index (χ4n) is 3.64. The first-order chi connectivity index (χ1) is 14.8. The molecule has 0 aliphatic carbocycles. The van der Waals surface area contributed by atoms with Gasteiger partial charge in [-0.15, -0.1) is 0 Å². The van der Waals surface area contributed by atoms with Crippen LogP contribution in [0.2, 0.25) is 0 Å². The number of fused-ring (bicyclic) bond motifs is 1. The predicted molar refractivity (Wildman–Crippen MR) is 111 cm³/mol. The van der Waals surface area contributed by atoms with Gasteiger partial charge in [0, 0.05) is 13.1 Å². The third kappa shape index (κ3) is 5.26. The average Bonchev–Trinajstić information content (AvgIpc) is 3.29. The van der Waals surface area contributed by atoms with Gasteiger partial charge in [0.05, 0.1) is 6.33 Å². The Hall–Kier alpha value is -2.42. The smallest absolute Gasteiger partial charge is 0.320 e. The molecule has 0 spiro atoms. The van der Waals surface area contributed by atoms with E-state index in [0.29, 0.717) is 30.8 Å². The lowest BCUT2D eigenvalue weighted by atomic mass is 10.1. The van der Waals surface area contributed by atoms with E-state index in [1.165, 1.54) is 17.2 Å². The minimum absolute atomic E-state index is 0.203. The summed E-state index contributed by atoms with van der Waals surface area (Å²) in [5, 5.41) is 30.3. The Balaban J connectivity index is 1.71. The van der Waals surface area contributed by atoms with E-state index in [9.17, 15) is 15.0 Å². The first kappa shape index (κ1) is 23.2. The van der Waals surface area contributed by atoms with Crippen molar-refractivity contribution in [2.75, 3.05) is 31.9 Å². The topological polar surface area (TPSA) is 212 Å². The Kier molecular flexibility index (Phi) is 7.69. The quantitative estimate of drug-likeness (QED) is 0.208. The van der Waals surface area contributed by atoms with Crippen LogP contribution in [0.5, 0.6) is 0 Å². The number of aromatic nitrogens is 4. The third-order valence-electron chi connectivity index (χ3n) is 5.44. The molecule has 0 amide bonds. The van der Waals surface area contributed by atoms with E-state index < -0.39 is 36.6 Å². The number of rotatable bonds is 11. The van der Waals surface area contributed by atoms with Gasteiger partial charge in [-0.05, 0) is 32.4 Å². The van der Waals surface area contributed by atoms with Gasteiger partial charge in [0.2, 0.25) is 0 Å². The Labute approximate surface area is 178 Å². The van der Waals surface area contributed by atoms with Crippen LogP contribution >= 0.6 is 0 Å². The Morgan fingerprint density at radius 3 is 2.71 bits per heavy atom. The van der Waals surface area contributed by atoms with Gasteiger partial charge in [0.1, 0.15) is 36.2 Å². The molecule has 1 aliphatic rings. The van der Waals surface area contributed by atoms with E-state index in [2.05, 4.69) is 15.0 Å². The number of nitrogen functional groups attached to an aromatic ring is 1. The summed E-state index contributed by atoms with van der Waals surface area (Å²) >= 11 is 0. The van der Waals surface area contributed by atoms with Crippen LogP contribution in [0.25, 0.3) is 11.2 Å². The maximum absolute atomic E-state index is 11.0. The molecule has 0 bridgehead atoms. The molecule has 31 heavy (non-hydrogen) atoms. The van der Waals surface area contributed by atoms with E-state index in [4.69, 9.17) is 27.0 Å². The number of aliphatic hydroxyl groups excluding tert-OH is 2. The molecule has 3 rings (SSSR count). The molecule has 9 N–H and O–H groups in total. The molecule has 2 aromatic rings. The molecule has 1 fully saturated rings. The SMILES string of the molecule is NCCCCN(CC[C@H](N)C(=O)O)C[C@H]1O[C@@H](n2cnc3c(N)ncnc32)[C@H](O)[C@@H]1O. The van der Waals surface area contributed by atoms with Gasteiger partial charge < -0.3 is 42.2 Å². The molecule has 1 saturated heterocycles. The van der Waals surface area contributed by atoms with E-state index >= 15 is 0 Å². The van der Waals surface area contributed by atoms with Crippen LogP contribution in [0.1, 0.15) is 25.5 Å². The number of aliphatic carboxylic acids is 1. The average molecular weight is 438 g/mol. The fourth-order valence-corrected chi connectivity index (χ4v) is 3.64. The van der Waals surface area contributed by atoms with Crippen molar-refractivity contribution in [1.82, 2.24) is 24.4 Å². The molecular weight excluding hydrogens is 408 g/mol. The van der Waals surface area contributed by atoms with E-state index in [1.54, 1.807) is 0 Å². The van der Waals surface area contributed by atoms with E-state index in [0.717, 1.165) is 12.8 Å². The molecule has 172 valence electrons. The standard InChI is InChI=1S/C18H30N8O5/c19-4-1-2-5-25(6-3-10(20)18(29)30)7-11-13(27)14(28)17(31-11)26-9-24-12-15(21)22-8-23-16(12)26/h8-11,13-14,17,27-28H,1-7,19-20H2,(H,29,30)(H2,21,22,23)/t10-,11+,13+,14+,17+/m0/s1. The molecule has 0 radical (unpaired) electrons. The second kappa shape index (κ2) is 10.3. The highest BCUT2D eigenvalue weighted by Crippen LogP contribution is 2.32. The minimum atomic E-state index is -1.22. The van der Waals surface area contributed by atoms with Gasteiger partial charge in [-0.2, -0.15) is 0 Å². The summed E-state index contributed by atoms with van der Waals surface area (Å²) in [4.78, 5) is 25.2. The third-order valence-corrected chi connectivity index (χ3v) is 5.44. The van der Waals surface area contributed by atoms with Crippen LogP contribution in [0, 0.1) is 0 Å². The molecule has 5 atom stereocenters. The van der Waals surface area contributed by atoms with Gasteiger partial charge in [0.25, 0.3) is 0 Å². The summed E-state index contributed by atoms with van der Waals surface area (Å²) in [6.45, 7) is 1.87. The van der Waals surface area contributed by atoms with Crippen LogP contribution in [0.15, 0.2) is 12.7 Å². The van der Waals surface area contributed by atoms with Gasteiger partial charge in [0.15, 0.2) is 17.7 Å². The molecule has 0 aromatic carbocycles. The number of aliphatic hydroxyl groups is 2. The predicted octanol–water partition coefficient (Wildman–Crippen LogP) is -2.13. The number of nitrogens with zero attached hydrogens (tertiary/aromatic N) is 5. The molecule has 1 aliphatic heterocycles. The summed E-state index contributed by atoms with van der Waals surface area (Å²) in [6.07, 6.45) is 0.577. The maximum atomic E-state index is 11.0. The van der Waals surface area contributed by atoms with Crippen LogP contribution < -0.4 is 17.2 Å². The van der Waals surface area contributed by atoms with E-state index in [1.807, 2.05) is 4.90 Å². The molecule has 3 heterocycles. The summed E-state index contributed by atoms with van der Waals surface area (Å²) in [5.74, 6) is -0.864. The van der Waals surface area contributed by atoms with Crippen molar-refractivity contribution in [3.63, 3.8) is 0 Å². The molecule has 0 unspecified atom stereocenters. The van der Waals surface area contributed by atoms with Crippen molar-refractivity contribution in [3.8, 4) is 0 Å². The monoisotopic (exact) mass is 438 g/mol. The number of anilines is 1. The van der Waals surface area contributed by atoms with Crippen molar-refractivity contribution >= 4 is 23.0 Å². The normalized spacial score (nSPS) is 24.8. The molecule has 13 nitrogen and oxygen atoms in total. The summed E-state index contributed by atoms with van der Waals surface area (Å²) in [5.41, 5.74) is 17.8. The van der Waals surface area contributed by atoms with Gasteiger partial charge >= 0.3 is 5.97 Å². The van der Waals surface area contributed by atoms with Crippen molar-refractivity contribution in [2.24, 2.45) is 11.5 Å². The van der Waals surface area contributed by atoms with Gasteiger partial charge in [-0.1, -0.05) is 0 Å². The summed E-state index contributed by atoms with van der Waals surface area (Å²) in [6, 6.07) is -0.979. The number of hydrogen-bond acceptors (Lipinski definition) is 11. The molecule has 13 heteroatoms. The van der Waals surface area contributed by atoms with Gasteiger partial charge in [-0.3, -0.25) is 9.36 Å². The minimum Gasteiger partial charge on any atom is -0.480 e. The number of imidazole rings is 1. The Morgan fingerprint density at radius 1 is 1.23 bits per heavy atom. The largest absolute Gasteiger partial charge is 0.480 e. The van der Waals surface area contributed by atoms with Crippen molar-refractivity contribution in [2.45, 2.75) is 49.8 Å². The molecule has 0 saturated carbocycles. The number of carboxylic acid groups (broad SMARTS) is 1. The number of ether oxygens (including phenoxy) is 1. The number of unbranched alkanes of at least 4 members (excludes halogenated alkanes) is 1. The van der Waals surface area contributed by atoms with Crippen LogP contribution in [-0.4, -0.2) is 96.2 Å². The zero-order valence-corrected chi connectivity index (χ0v) is 17.1. The van der Waals surface area contributed by atoms with Crippen LogP contribution in [-0.2, 0) is 9.53 Å². The first-order valence-corrected chi connectivity index (χ1v) is 10.2. The fraction of sp³-hybridized carbons (Fsp3) is 0.667. The summed E-state index contributed by atoms with van der Waals surface area (Å²) in [7, 11) is 0. The zero-order valence-electron chi connectivity index (χ0n) is 17.1. The highest BCUT2D eigenvalue weighted by Gasteiger charge is 2.44. The van der Waals surface area contributed by atoms with E-state index in [-0.39, 0.29) is 18.8 Å². The number of carbonyl (C=O) groups is 1. The zero-order chi connectivity index (χ0) is 22.5. The van der Waals surface area contributed by atoms with Crippen LogP contribution in [0.4, 0.5) is 5.82 Å². The lowest BCUT2D eigenvalue weighted by Gasteiger charge is -2.27. The highest BCUT2D eigenvalue weighted by molar-refractivity contribution is 5.81. The van der Waals surface area contributed by atoms with Gasteiger partial charge in [-0.25, -0.2) is 15.0 Å².